The fourth-order valence-electron chi connectivity index (χ4n) is 4.23. The minimum absolute atomic E-state index is 0.267. The van der Waals surface area contributed by atoms with Gasteiger partial charge in [-0.2, -0.15) is 4.72 Å². The van der Waals surface area contributed by atoms with E-state index in [1.54, 1.807) is 20.8 Å². The van der Waals surface area contributed by atoms with Gasteiger partial charge in [-0.1, -0.05) is 30.3 Å². The summed E-state index contributed by atoms with van der Waals surface area (Å²) in [6.07, 6.45) is 2.54. The van der Waals surface area contributed by atoms with Crippen LogP contribution >= 0.6 is 0 Å². The van der Waals surface area contributed by atoms with Crippen molar-refractivity contribution in [3.05, 3.63) is 63.7 Å². The van der Waals surface area contributed by atoms with Crippen molar-refractivity contribution in [3.8, 4) is 0 Å². The van der Waals surface area contributed by atoms with Gasteiger partial charge in [0.25, 0.3) is 0 Å². The standard InChI is InChI=1S/C25H35N3O3S/c1-17-14-18(2)20(4)24(19(17)3)32(30,31)27-21(5)25(29)26-15-22-8-10-23(11-9-22)16-28-12-6-7-13-28/h8-11,14,21,27H,6-7,12-13,15-16H2,1-5H3,(H,26,29)/t21-/m0/s1. The summed E-state index contributed by atoms with van der Waals surface area (Å²) in [5.41, 5.74) is 5.50. The van der Waals surface area contributed by atoms with Gasteiger partial charge in [-0.05, 0) is 93.9 Å². The lowest BCUT2D eigenvalue weighted by Gasteiger charge is -2.19. The number of aryl methyl sites for hydroxylation is 2. The zero-order chi connectivity index (χ0) is 23.5. The quantitative estimate of drug-likeness (QED) is 0.636. The van der Waals surface area contributed by atoms with Crippen LogP contribution in [0.15, 0.2) is 35.2 Å². The van der Waals surface area contributed by atoms with Gasteiger partial charge >= 0.3 is 0 Å². The van der Waals surface area contributed by atoms with E-state index in [4.69, 9.17) is 0 Å². The fourth-order valence-corrected chi connectivity index (χ4v) is 6.05. The molecule has 1 heterocycles. The lowest BCUT2D eigenvalue weighted by atomic mass is 10.0. The van der Waals surface area contributed by atoms with E-state index in [0.717, 1.165) is 36.3 Å². The van der Waals surface area contributed by atoms with Crippen molar-refractivity contribution in [2.75, 3.05) is 13.1 Å². The Bertz CT molecular complexity index is 1050. The molecule has 0 saturated carbocycles. The summed E-state index contributed by atoms with van der Waals surface area (Å²) >= 11 is 0. The summed E-state index contributed by atoms with van der Waals surface area (Å²) in [5.74, 6) is -0.352. The molecule has 0 aromatic heterocycles. The second kappa shape index (κ2) is 10.1. The molecule has 6 nitrogen and oxygen atoms in total. The normalized spacial score (nSPS) is 15.7. The van der Waals surface area contributed by atoms with Crippen LogP contribution in [0.5, 0.6) is 0 Å². The molecule has 1 saturated heterocycles. The molecule has 0 unspecified atom stereocenters. The van der Waals surface area contributed by atoms with Crippen LogP contribution in [0.4, 0.5) is 0 Å². The molecule has 0 spiro atoms. The average molecular weight is 458 g/mol. The highest BCUT2D eigenvalue weighted by atomic mass is 32.2. The van der Waals surface area contributed by atoms with Gasteiger partial charge in [0, 0.05) is 13.1 Å². The lowest BCUT2D eigenvalue weighted by Crippen LogP contribution is -2.44. The number of likely N-dealkylation sites (tertiary alicyclic amines) is 1. The number of amides is 1. The molecule has 0 radical (unpaired) electrons. The summed E-state index contributed by atoms with van der Waals surface area (Å²) in [7, 11) is -3.83. The van der Waals surface area contributed by atoms with Crippen molar-refractivity contribution in [1.82, 2.24) is 14.9 Å². The molecule has 0 aliphatic carbocycles. The first kappa shape index (κ1) is 24.4. The lowest BCUT2D eigenvalue weighted by molar-refractivity contribution is -0.122. The van der Waals surface area contributed by atoms with Gasteiger partial charge in [0.05, 0.1) is 10.9 Å². The molecule has 1 fully saturated rings. The molecule has 174 valence electrons. The van der Waals surface area contributed by atoms with Gasteiger partial charge < -0.3 is 5.32 Å². The number of nitrogens with one attached hydrogen (secondary N) is 2. The second-order valence-electron chi connectivity index (χ2n) is 8.95. The van der Waals surface area contributed by atoms with E-state index in [-0.39, 0.29) is 10.8 Å². The van der Waals surface area contributed by atoms with Crippen LogP contribution in [0.25, 0.3) is 0 Å². The third-order valence-corrected chi connectivity index (χ3v) is 8.20. The molecule has 32 heavy (non-hydrogen) atoms. The number of carbonyl (C=O) groups is 1. The van der Waals surface area contributed by atoms with Crippen LogP contribution in [0.3, 0.4) is 0 Å². The minimum Gasteiger partial charge on any atom is -0.351 e. The van der Waals surface area contributed by atoms with Crippen LogP contribution < -0.4 is 10.0 Å². The van der Waals surface area contributed by atoms with Gasteiger partial charge in [-0.25, -0.2) is 8.42 Å². The maximum absolute atomic E-state index is 13.1. The molecule has 2 aromatic carbocycles. The highest BCUT2D eigenvalue weighted by Gasteiger charge is 2.26. The molecule has 1 atom stereocenters. The van der Waals surface area contributed by atoms with Crippen LogP contribution in [-0.2, 0) is 27.9 Å². The minimum atomic E-state index is -3.83. The van der Waals surface area contributed by atoms with Gasteiger partial charge in [0.15, 0.2) is 0 Å². The molecule has 2 aromatic rings. The molecule has 3 rings (SSSR count). The number of nitrogens with zero attached hydrogens (tertiary/aromatic N) is 1. The maximum Gasteiger partial charge on any atom is 0.241 e. The smallest absolute Gasteiger partial charge is 0.241 e. The zero-order valence-electron chi connectivity index (χ0n) is 19.8. The van der Waals surface area contributed by atoms with E-state index >= 15 is 0 Å². The number of carbonyl (C=O) groups excluding carboxylic acids is 1. The highest BCUT2D eigenvalue weighted by Crippen LogP contribution is 2.26. The number of benzene rings is 2. The molecule has 2 N–H and O–H groups in total. The van der Waals surface area contributed by atoms with Crippen LogP contribution in [0.1, 0.15) is 53.1 Å². The average Bonchev–Trinajstić information content (AvgIpc) is 3.24. The van der Waals surface area contributed by atoms with E-state index in [0.29, 0.717) is 17.7 Å². The first-order valence-electron chi connectivity index (χ1n) is 11.3. The van der Waals surface area contributed by atoms with E-state index in [9.17, 15) is 13.2 Å². The van der Waals surface area contributed by atoms with Crippen LogP contribution in [0.2, 0.25) is 0 Å². The number of sulfonamides is 1. The van der Waals surface area contributed by atoms with Crippen molar-refractivity contribution >= 4 is 15.9 Å². The van der Waals surface area contributed by atoms with Crippen molar-refractivity contribution in [1.29, 1.82) is 0 Å². The predicted octanol–water partition coefficient (Wildman–Crippen LogP) is 3.50. The second-order valence-corrected chi connectivity index (χ2v) is 10.6. The van der Waals surface area contributed by atoms with Gasteiger partial charge in [0.2, 0.25) is 15.9 Å². The monoisotopic (exact) mass is 457 g/mol. The summed E-state index contributed by atoms with van der Waals surface area (Å²) in [4.78, 5) is 15.3. The van der Waals surface area contributed by atoms with Gasteiger partial charge in [0.1, 0.15) is 0 Å². The molecular weight excluding hydrogens is 422 g/mol. The molecule has 7 heteroatoms. The summed E-state index contributed by atoms with van der Waals surface area (Å²) in [5, 5.41) is 2.84. The summed E-state index contributed by atoms with van der Waals surface area (Å²) in [6, 6.07) is 9.32. The van der Waals surface area contributed by atoms with Crippen LogP contribution in [-0.4, -0.2) is 38.4 Å². The number of hydrogen-bond acceptors (Lipinski definition) is 4. The number of rotatable bonds is 8. The van der Waals surface area contributed by atoms with Crippen molar-refractivity contribution in [3.63, 3.8) is 0 Å². The molecular formula is C25H35N3O3S. The van der Waals surface area contributed by atoms with E-state index < -0.39 is 16.1 Å². The summed E-state index contributed by atoms with van der Waals surface area (Å²) < 4.78 is 28.7. The fraction of sp³-hybridized carbons (Fsp3) is 0.480. The Morgan fingerprint density at radius 2 is 1.50 bits per heavy atom. The third kappa shape index (κ3) is 5.77. The zero-order valence-corrected chi connectivity index (χ0v) is 20.6. The third-order valence-electron chi connectivity index (χ3n) is 6.39. The Hall–Kier alpha value is -2.22. The highest BCUT2D eigenvalue weighted by molar-refractivity contribution is 7.89. The Kier molecular flexibility index (Phi) is 7.75. The Morgan fingerprint density at radius 1 is 0.969 bits per heavy atom. The van der Waals surface area contributed by atoms with E-state index in [2.05, 4.69) is 27.1 Å². The van der Waals surface area contributed by atoms with E-state index in [1.165, 1.54) is 18.4 Å². The molecule has 1 amide bonds. The summed E-state index contributed by atoms with van der Waals surface area (Å²) in [6.45, 7) is 12.6. The first-order chi connectivity index (χ1) is 15.1. The molecule has 1 aliphatic heterocycles. The Balaban J connectivity index is 1.59. The van der Waals surface area contributed by atoms with Crippen molar-refractivity contribution < 1.29 is 13.2 Å². The van der Waals surface area contributed by atoms with Crippen molar-refractivity contribution in [2.24, 2.45) is 0 Å². The largest absolute Gasteiger partial charge is 0.351 e. The van der Waals surface area contributed by atoms with Crippen LogP contribution in [0, 0.1) is 27.7 Å². The predicted molar refractivity (Wildman–Crippen MR) is 128 cm³/mol. The Labute approximate surface area is 192 Å². The SMILES string of the molecule is Cc1cc(C)c(C)c(S(=O)(=O)N[C@@H](C)C(=O)NCc2ccc(CN3CCCC3)cc2)c1C. The molecule has 0 bridgehead atoms. The van der Waals surface area contributed by atoms with Gasteiger partial charge in [-0.15, -0.1) is 0 Å². The first-order valence-corrected chi connectivity index (χ1v) is 12.7. The van der Waals surface area contributed by atoms with Gasteiger partial charge in [-0.3, -0.25) is 9.69 Å². The number of hydrogen-bond donors (Lipinski definition) is 2. The maximum atomic E-state index is 13.1. The van der Waals surface area contributed by atoms with Crippen molar-refractivity contribution in [2.45, 2.75) is 71.5 Å². The van der Waals surface area contributed by atoms with E-state index in [1.807, 2.05) is 32.0 Å². The topological polar surface area (TPSA) is 78.5 Å². The molecule has 1 aliphatic rings. The Morgan fingerprint density at radius 3 is 2.06 bits per heavy atom.